The number of ether oxygens (including phenoxy) is 1. The Bertz CT molecular complexity index is 1230. The van der Waals surface area contributed by atoms with Gasteiger partial charge >= 0.3 is 0 Å². The van der Waals surface area contributed by atoms with Gasteiger partial charge in [-0.1, -0.05) is 53.5 Å². The van der Waals surface area contributed by atoms with E-state index >= 15 is 0 Å². The number of rotatable bonds is 9. The third-order valence-electron chi connectivity index (χ3n) is 4.84. The molecule has 1 amide bonds. The normalized spacial score (nSPS) is 12.2. The number of hydrogen-bond acceptors (Lipinski definition) is 4. The summed E-state index contributed by atoms with van der Waals surface area (Å²) in [5, 5.41) is 3.36. The first-order valence-electron chi connectivity index (χ1n) is 10.2. The molecule has 9 heteroatoms. The number of carbonyl (C=O) groups is 1. The van der Waals surface area contributed by atoms with Crippen molar-refractivity contribution < 1.29 is 17.9 Å². The number of benzene rings is 3. The van der Waals surface area contributed by atoms with Crippen molar-refractivity contribution in [2.24, 2.45) is 0 Å². The molecule has 33 heavy (non-hydrogen) atoms. The smallest absolute Gasteiger partial charge is 0.242 e. The predicted octanol–water partition coefficient (Wildman–Crippen LogP) is 5.23. The van der Waals surface area contributed by atoms with Gasteiger partial charge < -0.3 is 10.1 Å². The summed E-state index contributed by atoms with van der Waals surface area (Å²) >= 11 is 12.1. The van der Waals surface area contributed by atoms with Crippen LogP contribution >= 0.6 is 23.2 Å². The minimum absolute atomic E-state index is 0.0406. The first-order valence-corrected chi connectivity index (χ1v) is 12.5. The van der Waals surface area contributed by atoms with Crippen LogP contribution in [0.1, 0.15) is 18.1 Å². The summed E-state index contributed by atoms with van der Waals surface area (Å²) in [6.45, 7) is 4.09. The lowest BCUT2D eigenvalue weighted by molar-refractivity contribution is -0.117. The van der Waals surface area contributed by atoms with Crippen LogP contribution in [0.15, 0.2) is 71.6 Å². The van der Waals surface area contributed by atoms with E-state index in [1.807, 2.05) is 37.3 Å². The van der Waals surface area contributed by atoms with E-state index in [-0.39, 0.29) is 16.3 Å². The Labute approximate surface area is 203 Å². The van der Waals surface area contributed by atoms with Gasteiger partial charge in [-0.05, 0) is 67.8 Å². The van der Waals surface area contributed by atoms with Crippen LogP contribution in [0, 0.1) is 6.92 Å². The lowest BCUT2D eigenvalue weighted by atomic mass is 10.1. The van der Waals surface area contributed by atoms with Crippen molar-refractivity contribution in [2.45, 2.75) is 31.2 Å². The molecule has 0 radical (unpaired) electrons. The summed E-state index contributed by atoms with van der Waals surface area (Å²) < 4.78 is 34.3. The Morgan fingerprint density at radius 3 is 2.39 bits per heavy atom. The molecule has 0 heterocycles. The van der Waals surface area contributed by atoms with Crippen molar-refractivity contribution in [3.63, 3.8) is 0 Å². The minimum atomic E-state index is -4.01. The van der Waals surface area contributed by atoms with Crippen molar-refractivity contribution in [3.8, 4) is 5.75 Å². The highest BCUT2D eigenvalue weighted by Gasteiger charge is 2.27. The topological polar surface area (TPSA) is 84.5 Å². The van der Waals surface area contributed by atoms with Gasteiger partial charge in [-0.25, -0.2) is 8.42 Å². The molecule has 0 aliphatic carbocycles. The first kappa shape index (κ1) is 25.1. The summed E-state index contributed by atoms with van der Waals surface area (Å²) in [6.07, 6.45) is 0.146. The Balaban J connectivity index is 1.88. The molecule has 0 saturated heterocycles. The van der Waals surface area contributed by atoms with Gasteiger partial charge in [0.25, 0.3) is 0 Å². The van der Waals surface area contributed by atoms with Gasteiger partial charge in [-0.15, -0.1) is 0 Å². The van der Waals surface area contributed by atoms with Crippen LogP contribution in [0.5, 0.6) is 5.75 Å². The number of carbonyl (C=O) groups excluding carboxylic acids is 1. The fraction of sp³-hybridized carbons (Fsp3) is 0.208. The largest absolute Gasteiger partial charge is 0.494 e. The molecule has 0 saturated carbocycles. The SMILES string of the molecule is CCOc1ccc(S(=O)(=O)NC(Cc2ccccc2)C(=O)Nc2ccc(Cl)cc2Cl)cc1C. The quantitative estimate of drug-likeness (QED) is 0.416. The number of nitrogens with one attached hydrogen (secondary N) is 2. The Hall–Kier alpha value is -2.58. The zero-order chi connectivity index (χ0) is 24.0. The lowest BCUT2D eigenvalue weighted by Gasteiger charge is -2.20. The predicted molar refractivity (Wildman–Crippen MR) is 132 cm³/mol. The van der Waals surface area contributed by atoms with Gasteiger partial charge in [0.2, 0.25) is 15.9 Å². The van der Waals surface area contributed by atoms with Crippen molar-refractivity contribution in [1.82, 2.24) is 4.72 Å². The van der Waals surface area contributed by atoms with Crippen LogP contribution in [-0.4, -0.2) is 27.0 Å². The zero-order valence-corrected chi connectivity index (χ0v) is 20.5. The molecule has 3 aromatic carbocycles. The molecule has 6 nitrogen and oxygen atoms in total. The third kappa shape index (κ3) is 6.71. The zero-order valence-electron chi connectivity index (χ0n) is 18.1. The molecular formula is C24H24Cl2N2O4S. The highest BCUT2D eigenvalue weighted by Crippen LogP contribution is 2.26. The van der Waals surface area contributed by atoms with Crippen molar-refractivity contribution in [1.29, 1.82) is 0 Å². The highest BCUT2D eigenvalue weighted by molar-refractivity contribution is 7.89. The van der Waals surface area contributed by atoms with Crippen molar-refractivity contribution >= 4 is 44.8 Å². The molecule has 0 aliphatic heterocycles. The van der Waals surface area contributed by atoms with Gasteiger partial charge in [0.05, 0.1) is 22.2 Å². The highest BCUT2D eigenvalue weighted by atomic mass is 35.5. The molecule has 3 rings (SSSR count). The molecule has 1 unspecified atom stereocenters. The lowest BCUT2D eigenvalue weighted by Crippen LogP contribution is -2.45. The first-order chi connectivity index (χ1) is 15.7. The summed E-state index contributed by atoms with van der Waals surface area (Å²) in [5.41, 5.74) is 1.81. The molecule has 0 aromatic heterocycles. The van der Waals surface area contributed by atoms with Crippen LogP contribution in [0.4, 0.5) is 5.69 Å². The Morgan fingerprint density at radius 1 is 1.03 bits per heavy atom. The second kappa shape index (κ2) is 11.0. The van der Waals surface area contributed by atoms with Gasteiger partial charge in [0.15, 0.2) is 0 Å². The summed E-state index contributed by atoms with van der Waals surface area (Å²) in [7, 11) is -4.01. The van der Waals surface area contributed by atoms with Crippen LogP contribution in [0.2, 0.25) is 10.0 Å². The molecule has 1 atom stereocenters. The number of aryl methyl sites for hydroxylation is 1. The molecule has 0 aliphatic rings. The van der Waals surface area contributed by atoms with E-state index in [9.17, 15) is 13.2 Å². The summed E-state index contributed by atoms with van der Waals surface area (Å²) in [6, 6.07) is 17.3. The number of sulfonamides is 1. The van der Waals surface area contributed by atoms with Crippen LogP contribution in [0.3, 0.4) is 0 Å². The molecule has 174 valence electrons. The second-order valence-corrected chi connectivity index (χ2v) is 9.89. The van der Waals surface area contributed by atoms with E-state index in [0.29, 0.717) is 28.6 Å². The minimum Gasteiger partial charge on any atom is -0.494 e. The van der Waals surface area contributed by atoms with Crippen LogP contribution in [0.25, 0.3) is 0 Å². The Morgan fingerprint density at radius 2 is 1.76 bits per heavy atom. The second-order valence-electron chi connectivity index (χ2n) is 7.34. The maximum absolute atomic E-state index is 13.1. The maximum Gasteiger partial charge on any atom is 0.242 e. The number of anilines is 1. The average Bonchev–Trinajstić information content (AvgIpc) is 2.77. The number of hydrogen-bond donors (Lipinski definition) is 2. The van der Waals surface area contributed by atoms with Gasteiger partial charge in [0.1, 0.15) is 11.8 Å². The van der Waals surface area contributed by atoms with E-state index in [2.05, 4.69) is 10.0 Å². The molecule has 0 spiro atoms. The van der Waals surface area contributed by atoms with E-state index in [1.165, 1.54) is 18.2 Å². The summed E-state index contributed by atoms with van der Waals surface area (Å²) in [5.74, 6) is 0.0571. The van der Waals surface area contributed by atoms with E-state index < -0.39 is 22.0 Å². The molecule has 3 aromatic rings. The third-order valence-corrected chi connectivity index (χ3v) is 6.86. The standard InChI is InChI=1S/C24H24Cl2N2O4S/c1-3-32-23-12-10-19(13-16(23)2)33(30,31)28-22(14-17-7-5-4-6-8-17)24(29)27-21-11-9-18(25)15-20(21)26/h4-13,15,22,28H,3,14H2,1-2H3,(H,27,29). The number of amides is 1. The summed E-state index contributed by atoms with van der Waals surface area (Å²) in [4.78, 5) is 13.2. The fourth-order valence-corrected chi connectivity index (χ4v) is 4.95. The molecule has 0 fully saturated rings. The molecule has 0 bridgehead atoms. The monoisotopic (exact) mass is 506 g/mol. The van der Waals surface area contributed by atoms with E-state index in [4.69, 9.17) is 27.9 Å². The maximum atomic E-state index is 13.1. The van der Waals surface area contributed by atoms with E-state index in [1.54, 1.807) is 25.1 Å². The average molecular weight is 507 g/mol. The van der Waals surface area contributed by atoms with Crippen LogP contribution in [-0.2, 0) is 21.2 Å². The van der Waals surface area contributed by atoms with Crippen molar-refractivity contribution in [2.75, 3.05) is 11.9 Å². The van der Waals surface area contributed by atoms with Gasteiger partial charge in [-0.2, -0.15) is 4.72 Å². The van der Waals surface area contributed by atoms with Crippen molar-refractivity contribution in [3.05, 3.63) is 87.9 Å². The van der Waals surface area contributed by atoms with Gasteiger partial charge in [0, 0.05) is 5.02 Å². The van der Waals surface area contributed by atoms with Gasteiger partial charge in [-0.3, -0.25) is 4.79 Å². The van der Waals surface area contributed by atoms with Crippen LogP contribution < -0.4 is 14.8 Å². The fourth-order valence-electron chi connectivity index (χ4n) is 3.21. The number of halogens is 2. The Kier molecular flexibility index (Phi) is 8.37. The molecular weight excluding hydrogens is 483 g/mol. The van der Waals surface area contributed by atoms with E-state index in [0.717, 1.165) is 5.56 Å². The molecule has 2 N–H and O–H groups in total.